The molecule has 5 heteroatoms. The Labute approximate surface area is 117 Å². The van der Waals surface area contributed by atoms with Gasteiger partial charge in [0.15, 0.2) is 0 Å². The molecule has 5 nitrogen and oxygen atoms in total. The summed E-state index contributed by atoms with van der Waals surface area (Å²) in [5.41, 5.74) is 2.14. The molecule has 3 heterocycles. The van der Waals surface area contributed by atoms with E-state index in [4.69, 9.17) is 0 Å². The molecule has 3 rings (SSSR count). The first-order valence-corrected chi connectivity index (χ1v) is 6.49. The van der Waals surface area contributed by atoms with Gasteiger partial charge in [-0.3, -0.25) is 9.97 Å². The molecule has 0 amide bonds. The van der Waals surface area contributed by atoms with Crippen LogP contribution >= 0.6 is 0 Å². The normalized spacial score (nSPS) is 10.7. The molecule has 0 aromatic carbocycles. The number of likely N-dealkylation sites (N-methyl/N-ethyl adjacent to an activating group) is 1. The molecular weight excluding hydrogens is 250 g/mol. The van der Waals surface area contributed by atoms with Crippen molar-refractivity contribution >= 4 is 16.7 Å². The highest BCUT2D eigenvalue weighted by molar-refractivity contribution is 5.88. The highest BCUT2D eigenvalue weighted by Crippen LogP contribution is 2.20. The van der Waals surface area contributed by atoms with E-state index in [9.17, 15) is 0 Å². The van der Waals surface area contributed by atoms with Crippen LogP contribution in [-0.2, 0) is 6.42 Å². The van der Waals surface area contributed by atoms with E-state index < -0.39 is 0 Å². The minimum Gasteiger partial charge on any atom is -0.359 e. The summed E-state index contributed by atoms with van der Waals surface area (Å²) >= 11 is 0. The third-order valence-corrected chi connectivity index (χ3v) is 3.26. The Balaban J connectivity index is 1.80. The fraction of sp³-hybridized carbons (Fsp3) is 0.200. The molecule has 0 aliphatic heterocycles. The molecule has 0 radical (unpaired) electrons. The van der Waals surface area contributed by atoms with Crippen LogP contribution in [0.1, 0.15) is 5.56 Å². The second-order valence-electron chi connectivity index (χ2n) is 4.62. The van der Waals surface area contributed by atoms with Crippen LogP contribution in [0.25, 0.3) is 10.9 Å². The summed E-state index contributed by atoms with van der Waals surface area (Å²) in [6.45, 7) is 0.887. The Bertz CT molecular complexity index is 693. The van der Waals surface area contributed by atoms with Crippen molar-refractivity contribution in [1.82, 2.24) is 19.9 Å². The van der Waals surface area contributed by atoms with Gasteiger partial charge in [-0.15, -0.1) is 0 Å². The summed E-state index contributed by atoms with van der Waals surface area (Å²) < 4.78 is 0. The van der Waals surface area contributed by atoms with Crippen molar-refractivity contribution < 1.29 is 0 Å². The summed E-state index contributed by atoms with van der Waals surface area (Å²) in [5, 5.41) is 1.03. The van der Waals surface area contributed by atoms with Gasteiger partial charge in [-0.05, 0) is 30.2 Å². The Morgan fingerprint density at radius 3 is 2.65 bits per heavy atom. The minimum absolute atomic E-state index is 0.869. The topological polar surface area (TPSA) is 54.8 Å². The second kappa shape index (κ2) is 5.61. The van der Waals surface area contributed by atoms with Crippen molar-refractivity contribution in [2.45, 2.75) is 6.42 Å². The van der Waals surface area contributed by atoms with Crippen molar-refractivity contribution in [2.24, 2.45) is 0 Å². The van der Waals surface area contributed by atoms with E-state index in [2.05, 4.69) is 24.8 Å². The number of pyridine rings is 2. The maximum atomic E-state index is 4.39. The molecular formula is C15H15N5. The highest BCUT2D eigenvalue weighted by Gasteiger charge is 2.08. The molecule has 0 spiro atoms. The third-order valence-electron chi connectivity index (χ3n) is 3.26. The minimum atomic E-state index is 0.869. The van der Waals surface area contributed by atoms with Crippen molar-refractivity contribution in [3.63, 3.8) is 0 Å². The van der Waals surface area contributed by atoms with Crippen LogP contribution in [0.2, 0.25) is 0 Å². The lowest BCUT2D eigenvalue weighted by Crippen LogP contribution is -2.21. The fourth-order valence-electron chi connectivity index (χ4n) is 2.15. The maximum Gasteiger partial charge on any atom is 0.139 e. The van der Waals surface area contributed by atoms with Gasteiger partial charge in [0.1, 0.15) is 12.1 Å². The average molecular weight is 265 g/mol. The van der Waals surface area contributed by atoms with E-state index >= 15 is 0 Å². The van der Waals surface area contributed by atoms with Gasteiger partial charge in [-0.1, -0.05) is 0 Å². The van der Waals surface area contributed by atoms with Crippen molar-refractivity contribution in [3.8, 4) is 0 Å². The lowest BCUT2D eigenvalue weighted by molar-refractivity contribution is 0.860. The van der Waals surface area contributed by atoms with Gasteiger partial charge >= 0.3 is 0 Å². The summed E-state index contributed by atoms with van der Waals surface area (Å²) in [4.78, 5) is 18.9. The van der Waals surface area contributed by atoms with E-state index in [-0.39, 0.29) is 0 Å². The van der Waals surface area contributed by atoms with Gasteiger partial charge in [0, 0.05) is 37.6 Å². The molecule has 0 N–H and O–H groups in total. The number of fused-ring (bicyclic) bond motifs is 1. The summed E-state index contributed by atoms with van der Waals surface area (Å²) in [7, 11) is 2.05. The Hall–Kier alpha value is -2.56. The lowest BCUT2D eigenvalue weighted by atomic mass is 10.2. The predicted molar refractivity (Wildman–Crippen MR) is 78.5 cm³/mol. The zero-order valence-electron chi connectivity index (χ0n) is 11.3. The van der Waals surface area contributed by atoms with Gasteiger partial charge < -0.3 is 4.90 Å². The molecule has 0 bridgehead atoms. The Morgan fingerprint density at radius 1 is 1.00 bits per heavy atom. The van der Waals surface area contributed by atoms with Crippen LogP contribution in [0.4, 0.5) is 5.82 Å². The molecule has 0 aliphatic carbocycles. The van der Waals surface area contributed by atoms with Crippen LogP contribution in [0.5, 0.6) is 0 Å². The summed E-state index contributed by atoms with van der Waals surface area (Å²) in [6, 6.07) is 6.03. The number of hydrogen-bond acceptors (Lipinski definition) is 5. The van der Waals surface area contributed by atoms with Gasteiger partial charge in [0.2, 0.25) is 0 Å². The Kier molecular flexibility index (Phi) is 3.50. The van der Waals surface area contributed by atoms with Gasteiger partial charge in [0.25, 0.3) is 0 Å². The van der Waals surface area contributed by atoms with Crippen molar-refractivity contribution in [1.29, 1.82) is 0 Å². The molecule has 0 saturated heterocycles. The van der Waals surface area contributed by atoms with Crippen LogP contribution in [-0.4, -0.2) is 33.5 Å². The number of anilines is 1. The van der Waals surface area contributed by atoms with E-state index in [0.29, 0.717) is 0 Å². The molecule has 0 fully saturated rings. The highest BCUT2D eigenvalue weighted by atomic mass is 15.2. The molecule has 3 aromatic heterocycles. The van der Waals surface area contributed by atoms with Crippen LogP contribution in [0.3, 0.4) is 0 Å². The monoisotopic (exact) mass is 265 g/mol. The van der Waals surface area contributed by atoms with Crippen molar-refractivity contribution in [2.75, 3.05) is 18.5 Å². The zero-order valence-corrected chi connectivity index (χ0v) is 11.3. The number of nitrogens with zero attached hydrogens (tertiary/aromatic N) is 5. The van der Waals surface area contributed by atoms with E-state index in [0.717, 1.165) is 29.7 Å². The molecule has 0 atom stereocenters. The van der Waals surface area contributed by atoms with Crippen LogP contribution in [0, 0.1) is 0 Å². The maximum absolute atomic E-state index is 4.39. The van der Waals surface area contributed by atoms with E-state index in [1.807, 2.05) is 37.6 Å². The number of aromatic nitrogens is 4. The zero-order chi connectivity index (χ0) is 13.8. The quantitative estimate of drug-likeness (QED) is 0.723. The predicted octanol–water partition coefficient (Wildman–Crippen LogP) is 2.10. The lowest BCUT2D eigenvalue weighted by Gasteiger charge is -2.19. The number of rotatable bonds is 4. The first kappa shape index (κ1) is 12.5. The standard InChI is InChI=1S/C15H15N5/c1-20(9-5-12-2-6-16-7-3-12)15-13-4-8-17-10-14(13)18-11-19-15/h2-4,6-8,10-11H,5,9H2,1H3. The van der Waals surface area contributed by atoms with Gasteiger partial charge in [-0.25, -0.2) is 9.97 Å². The molecule has 3 aromatic rings. The molecule has 100 valence electrons. The second-order valence-corrected chi connectivity index (χ2v) is 4.62. The molecule has 20 heavy (non-hydrogen) atoms. The SMILES string of the molecule is CN(CCc1ccncc1)c1ncnc2cnccc12. The molecule has 0 aliphatic rings. The Morgan fingerprint density at radius 2 is 1.80 bits per heavy atom. The fourth-order valence-corrected chi connectivity index (χ4v) is 2.15. The van der Waals surface area contributed by atoms with E-state index in [1.54, 1.807) is 18.7 Å². The largest absolute Gasteiger partial charge is 0.359 e. The average Bonchev–Trinajstić information content (AvgIpc) is 2.53. The summed E-state index contributed by atoms with van der Waals surface area (Å²) in [6.07, 6.45) is 9.71. The molecule has 0 unspecified atom stereocenters. The first-order chi connectivity index (χ1) is 9.84. The van der Waals surface area contributed by atoms with Crippen LogP contribution in [0.15, 0.2) is 49.3 Å². The third kappa shape index (κ3) is 2.56. The first-order valence-electron chi connectivity index (χ1n) is 6.49. The smallest absolute Gasteiger partial charge is 0.139 e. The van der Waals surface area contributed by atoms with Crippen LogP contribution < -0.4 is 4.90 Å². The van der Waals surface area contributed by atoms with Gasteiger partial charge in [0.05, 0.1) is 11.7 Å². The summed E-state index contributed by atoms with van der Waals surface area (Å²) in [5.74, 6) is 0.937. The molecule has 0 saturated carbocycles. The van der Waals surface area contributed by atoms with E-state index in [1.165, 1.54) is 5.56 Å². The van der Waals surface area contributed by atoms with Gasteiger partial charge in [-0.2, -0.15) is 0 Å². The number of hydrogen-bond donors (Lipinski definition) is 0. The van der Waals surface area contributed by atoms with Crippen molar-refractivity contribution in [3.05, 3.63) is 54.9 Å².